The number of hydrogen-bond donors (Lipinski definition) is 0. The average Bonchev–Trinajstić information content (AvgIpc) is 2.80. The minimum atomic E-state index is -0.149. The molecular formula is C15H20N2O3. The number of carbonyl (C=O) groups excluding carboxylic acids is 1. The maximum atomic E-state index is 12.6. The molecule has 0 aromatic carbocycles. The van der Waals surface area contributed by atoms with Crippen molar-refractivity contribution >= 4 is 5.91 Å². The molecule has 2 fully saturated rings. The lowest BCUT2D eigenvalue weighted by atomic mass is 9.93. The maximum absolute atomic E-state index is 12.6. The van der Waals surface area contributed by atoms with Crippen LogP contribution >= 0.6 is 0 Å². The first-order valence-electron chi connectivity index (χ1n) is 7.17. The summed E-state index contributed by atoms with van der Waals surface area (Å²) in [5.41, 5.74) is 0.312. The molecule has 0 saturated carbocycles. The second-order valence-electron chi connectivity index (χ2n) is 5.83. The van der Waals surface area contributed by atoms with Crippen molar-refractivity contribution in [2.45, 2.75) is 32.0 Å². The number of hydrogen-bond acceptors (Lipinski definition) is 3. The fourth-order valence-electron chi connectivity index (χ4n) is 3.32. The molecule has 2 aliphatic heterocycles. The van der Waals surface area contributed by atoms with E-state index in [0.717, 1.165) is 19.4 Å². The van der Waals surface area contributed by atoms with Gasteiger partial charge in [-0.15, -0.1) is 0 Å². The molecule has 2 aliphatic rings. The first-order chi connectivity index (χ1) is 9.56. The maximum Gasteiger partial charge on any atom is 0.270 e. The summed E-state index contributed by atoms with van der Waals surface area (Å²) in [5, 5.41) is 0. The van der Waals surface area contributed by atoms with Gasteiger partial charge >= 0.3 is 0 Å². The standard InChI is InChI=1S/C15H20N2O3/c1-10-8-11-9-17(7-6-13(11)20-10)15(19)12-4-3-5-14(18)16(12)2/h3-5,10-11,13H,6-9H2,1-2H3/t10-,11-,13-/m0/s1. The van der Waals surface area contributed by atoms with Gasteiger partial charge in [-0.2, -0.15) is 0 Å². The molecule has 0 N–H and O–H groups in total. The molecule has 1 aromatic heterocycles. The van der Waals surface area contributed by atoms with Crippen LogP contribution in [0.15, 0.2) is 23.0 Å². The summed E-state index contributed by atoms with van der Waals surface area (Å²) in [4.78, 5) is 26.1. The zero-order chi connectivity index (χ0) is 14.3. The van der Waals surface area contributed by atoms with E-state index in [1.807, 2.05) is 4.90 Å². The lowest BCUT2D eigenvalue weighted by molar-refractivity contribution is 0.00837. The first-order valence-corrected chi connectivity index (χ1v) is 7.17. The zero-order valence-corrected chi connectivity index (χ0v) is 11.9. The third-order valence-electron chi connectivity index (χ3n) is 4.40. The number of nitrogens with zero attached hydrogens (tertiary/aromatic N) is 2. The molecule has 0 unspecified atom stereocenters. The smallest absolute Gasteiger partial charge is 0.270 e. The summed E-state index contributed by atoms with van der Waals surface area (Å²) < 4.78 is 7.27. The van der Waals surface area contributed by atoms with Gasteiger partial charge in [-0.3, -0.25) is 9.59 Å². The van der Waals surface area contributed by atoms with Gasteiger partial charge in [0.2, 0.25) is 0 Å². The van der Waals surface area contributed by atoms with Crippen LogP contribution in [-0.4, -0.2) is 40.7 Å². The monoisotopic (exact) mass is 276 g/mol. The Kier molecular flexibility index (Phi) is 3.38. The number of fused-ring (bicyclic) bond motifs is 1. The van der Waals surface area contributed by atoms with E-state index in [4.69, 9.17) is 4.74 Å². The molecule has 5 nitrogen and oxygen atoms in total. The van der Waals surface area contributed by atoms with Crippen molar-refractivity contribution in [2.24, 2.45) is 13.0 Å². The number of amides is 1. The molecular weight excluding hydrogens is 256 g/mol. The van der Waals surface area contributed by atoms with Gasteiger partial charge in [-0.1, -0.05) is 6.07 Å². The van der Waals surface area contributed by atoms with Crippen molar-refractivity contribution in [1.82, 2.24) is 9.47 Å². The number of pyridine rings is 1. The van der Waals surface area contributed by atoms with Gasteiger partial charge in [0.05, 0.1) is 12.2 Å². The van der Waals surface area contributed by atoms with Crippen LogP contribution in [-0.2, 0) is 11.8 Å². The molecule has 2 saturated heterocycles. The lowest BCUT2D eigenvalue weighted by Crippen LogP contribution is -2.45. The molecule has 108 valence electrons. The van der Waals surface area contributed by atoms with Gasteiger partial charge in [-0.25, -0.2) is 0 Å². The molecule has 3 rings (SSSR count). The molecule has 0 radical (unpaired) electrons. The molecule has 0 aliphatic carbocycles. The SMILES string of the molecule is C[C@H]1C[C@H]2CN(C(=O)c3cccc(=O)n3C)CC[C@@H]2O1. The van der Waals surface area contributed by atoms with E-state index in [-0.39, 0.29) is 11.5 Å². The number of ether oxygens (including phenoxy) is 1. The third kappa shape index (κ3) is 2.26. The van der Waals surface area contributed by atoms with Crippen LogP contribution in [0.1, 0.15) is 30.3 Å². The normalized spacial score (nSPS) is 29.3. The van der Waals surface area contributed by atoms with Crippen LogP contribution in [0.3, 0.4) is 0 Å². The topological polar surface area (TPSA) is 51.5 Å². The molecule has 0 spiro atoms. The molecule has 3 atom stereocenters. The molecule has 1 amide bonds. The fraction of sp³-hybridized carbons (Fsp3) is 0.600. The Morgan fingerprint density at radius 3 is 3.00 bits per heavy atom. The predicted molar refractivity (Wildman–Crippen MR) is 74.6 cm³/mol. The average molecular weight is 276 g/mol. The zero-order valence-electron chi connectivity index (χ0n) is 11.9. The van der Waals surface area contributed by atoms with Crippen molar-refractivity contribution in [2.75, 3.05) is 13.1 Å². The minimum Gasteiger partial charge on any atom is -0.375 e. The van der Waals surface area contributed by atoms with Gasteiger partial charge in [-0.05, 0) is 25.8 Å². The van der Waals surface area contributed by atoms with Crippen molar-refractivity contribution in [1.29, 1.82) is 0 Å². The lowest BCUT2D eigenvalue weighted by Gasteiger charge is -2.34. The van der Waals surface area contributed by atoms with Crippen LogP contribution in [0.5, 0.6) is 0 Å². The van der Waals surface area contributed by atoms with Gasteiger partial charge in [0.25, 0.3) is 11.5 Å². The van der Waals surface area contributed by atoms with Crippen LogP contribution in [0.4, 0.5) is 0 Å². The van der Waals surface area contributed by atoms with E-state index in [9.17, 15) is 9.59 Å². The first kappa shape index (κ1) is 13.4. The molecule has 20 heavy (non-hydrogen) atoms. The summed E-state index contributed by atoms with van der Waals surface area (Å²) in [5.74, 6) is 0.381. The van der Waals surface area contributed by atoms with Crippen LogP contribution in [0.2, 0.25) is 0 Å². The van der Waals surface area contributed by atoms with E-state index >= 15 is 0 Å². The summed E-state index contributed by atoms with van der Waals surface area (Å²) in [6, 6.07) is 4.82. The molecule has 5 heteroatoms. The molecule has 3 heterocycles. The van der Waals surface area contributed by atoms with E-state index in [1.54, 1.807) is 19.2 Å². The Labute approximate surface area is 118 Å². The van der Waals surface area contributed by atoms with Crippen molar-refractivity contribution in [3.05, 3.63) is 34.2 Å². The Bertz CT molecular complexity index is 581. The van der Waals surface area contributed by atoms with Crippen LogP contribution in [0.25, 0.3) is 0 Å². The van der Waals surface area contributed by atoms with Gasteiger partial charge in [0, 0.05) is 32.1 Å². The Morgan fingerprint density at radius 1 is 1.40 bits per heavy atom. The number of likely N-dealkylation sites (tertiary alicyclic amines) is 1. The Balaban J connectivity index is 1.78. The highest BCUT2D eigenvalue weighted by Crippen LogP contribution is 2.32. The van der Waals surface area contributed by atoms with Gasteiger partial charge < -0.3 is 14.2 Å². The van der Waals surface area contributed by atoms with Crippen LogP contribution < -0.4 is 5.56 Å². The van der Waals surface area contributed by atoms with Crippen molar-refractivity contribution in [3.8, 4) is 0 Å². The summed E-state index contributed by atoms with van der Waals surface area (Å²) in [7, 11) is 1.64. The second-order valence-corrected chi connectivity index (χ2v) is 5.83. The minimum absolute atomic E-state index is 0.0526. The molecule has 1 aromatic rings. The predicted octanol–water partition coefficient (Wildman–Crippen LogP) is 1.02. The van der Waals surface area contributed by atoms with Crippen molar-refractivity contribution < 1.29 is 9.53 Å². The number of piperidine rings is 1. The Morgan fingerprint density at radius 2 is 2.20 bits per heavy atom. The van der Waals surface area contributed by atoms with E-state index in [0.29, 0.717) is 30.4 Å². The third-order valence-corrected chi connectivity index (χ3v) is 4.40. The quantitative estimate of drug-likeness (QED) is 0.769. The number of aromatic nitrogens is 1. The second kappa shape index (κ2) is 5.05. The fourth-order valence-corrected chi connectivity index (χ4v) is 3.32. The number of rotatable bonds is 1. The summed E-state index contributed by atoms with van der Waals surface area (Å²) >= 11 is 0. The van der Waals surface area contributed by atoms with Gasteiger partial charge in [0.1, 0.15) is 5.69 Å². The Hall–Kier alpha value is -1.62. The largest absolute Gasteiger partial charge is 0.375 e. The van der Waals surface area contributed by atoms with Crippen molar-refractivity contribution in [3.63, 3.8) is 0 Å². The summed E-state index contributed by atoms with van der Waals surface area (Å²) in [6.07, 6.45) is 2.50. The highest BCUT2D eigenvalue weighted by atomic mass is 16.5. The van der Waals surface area contributed by atoms with E-state index in [1.165, 1.54) is 10.6 Å². The van der Waals surface area contributed by atoms with E-state index in [2.05, 4.69) is 6.92 Å². The number of carbonyl (C=O) groups is 1. The van der Waals surface area contributed by atoms with E-state index < -0.39 is 0 Å². The van der Waals surface area contributed by atoms with Gasteiger partial charge in [0.15, 0.2) is 0 Å². The highest BCUT2D eigenvalue weighted by Gasteiger charge is 2.38. The molecule has 0 bridgehead atoms. The highest BCUT2D eigenvalue weighted by molar-refractivity contribution is 5.92. The summed E-state index contributed by atoms with van der Waals surface area (Å²) in [6.45, 7) is 3.53. The van der Waals surface area contributed by atoms with Crippen LogP contribution in [0, 0.1) is 5.92 Å².